The van der Waals surface area contributed by atoms with E-state index in [1.54, 1.807) is 11.3 Å². The topological polar surface area (TPSA) is 111 Å². The number of thiazole rings is 1. The molecular formula is C19H17N3O5S. The van der Waals surface area contributed by atoms with Crippen LogP contribution in [0.5, 0.6) is 0 Å². The minimum Gasteiger partial charge on any atom is -0.465 e. The number of para-hydroxylation sites is 1. The molecule has 0 spiro atoms. The summed E-state index contributed by atoms with van der Waals surface area (Å²) < 4.78 is 5.70. The molecular weight excluding hydrogens is 382 g/mol. The lowest BCUT2D eigenvalue weighted by molar-refractivity contribution is -0.384. The van der Waals surface area contributed by atoms with Gasteiger partial charge in [-0.1, -0.05) is 12.1 Å². The Morgan fingerprint density at radius 1 is 1.21 bits per heavy atom. The third-order valence-corrected chi connectivity index (χ3v) is 5.10. The van der Waals surface area contributed by atoms with Gasteiger partial charge >= 0.3 is 5.97 Å². The first-order chi connectivity index (χ1) is 13.5. The number of nitrogens with one attached hydrogen (secondary N) is 1. The van der Waals surface area contributed by atoms with Gasteiger partial charge in [0.25, 0.3) is 11.6 Å². The highest BCUT2D eigenvalue weighted by Crippen LogP contribution is 2.22. The maximum absolute atomic E-state index is 12.3. The molecule has 0 aliphatic carbocycles. The van der Waals surface area contributed by atoms with Crippen molar-refractivity contribution >= 4 is 39.1 Å². The first kappa shape index (κ1) is 19.4. The standard InChI is InChI=1S/C19H17N3O5S/c1-27-19(24)13-9-12(10-14(11-13)22(25)26)18(23)20-8-4-7-17-21-15-5-2-3-6-16(15)28-17/h2-3,5-6,9-11H,4,7-8H2,1H3,(H,20,23). The second kappa shape index (κ2) is 8.57. The number of ether oxygens (including phenoxy) is 1. The summed E-state index contributed by atoms with van der Waals surface area (Å²) >= 11 is 1.62. The van der Waals surface area contributed by atoms with Crippen molar-refractivity contribution in [2.24, 2.45) is 0 Å². The van der Waals surface area contributed by atoms with E-state index in [4.69, 9.17) is 0 Å². The zero-order valence-corrected chi connectivity index (χ0v) is 15.8. The number of hydrogen-bond donors (Lipinski definition) is 1. The molecule has 0 aliphatic heterocycles. The minimum atomic E-state index is -0.742. The first-order valence-electron chi connectivity index (χ1n) is 8.48. The normalized spacial score (nSPS) is 10.6. The van der Waals surface area contributed by atoms with Crippen LogP contribution in [0.25, 0.3) is 10.2 Å². The number of hydrogen-bond acceptors (Lipinski definition) is 7. The van der Waals surface area contributed by atoms with Crippen LogP contribution < -0.4 is 5.32 Å². The van der Waals surface area contributed by atoms with E-state index in [2.05, 4.69) is 15.0 Å². The summed E-state index contributed by atoms with van der Waals surface area (Å²) in [6, 6.07) is 11.4. The number of methoxy groups -OCH3 is 1. The fraction of sp³-hybridized carbons (Fsp3) is 0.211. The Labute approximate surface area is 164 Å². The molecule has 28 heavy (non-hydrogen) atoms. The summed E-state index contributed by atoms with van der Waals surface area (Å²) in [5.74, 6) is -1.23. The predicted octanol–water partition coefficient (Wildman–Crippen LogP) is 3.35. The number of nitrogens with zero attached hydrogens (tertiary/aromatic N) is 2. The number of nitro benzene ring substituents is 1. The number of benzene rings is 2. The number of aryl methyl sites for hydroxylation is 1. The van der Waals surface area contributed by atoms with Gasteiger partial charge in [-0.15, -0.1) is 11.3 Å². The molecule has 1 N–H and O–H groups in total. The highest BCUT2D eigenvalue weighted by Gasteiger charge is 2.18. The predicted molar refractivity (Wildman–Crippen MR) is 105 cm³/mol. The van der Waals surface area contributed by atoms with Crippen LogP contribution in [0.15, 0.2) is 42.5 Å². The van der Waals surface area contributed by atoms with Gasteiger partial charge in [-0.05, 0) is 24.6 Å². The van der Waals surface area contributed by atoms with E-state index >= 15 is 0 Å². The van der Waals surface area contributed by atoms with Gasteiger partial charge in [0.2, 0.25) is 0 Å². The van der Waals surface area contributed by atoms with E-state index in [1.165, 1.54) is 13.2 Å². The highest BCUT2D eigenvalue weighted by atomic mass is 32.1. The lowest BCUT2D eigenvalue weighted by Gasteiger charge is -2.06. The Hall–Kier alpha value is -3.33. The number of nitro groups is 1. The molecule has 144 valence electrons. The van der Waals surface area contributed by atoms with Gasteiger partial charge in [-0.2, -0.15) is 0 Å². The molecule has 0 unspecified atom stereocenters. The number of aromatic nitrogens is 1. The van der Waals surface area contributed by atoms with Crippen molar-refractivity contribution in [3.8, 4) is 0 Å². The van der Waals surface area contributed by atoms with Crippen LogP contribution in [0.2, 0.25) is 0 Å². The Kier molecular flexibility index (Phi) is 5.95. The highest BCUT2D eigenvalue weighted by molar-refractivity contribution is 7.18. The molecule has 8 nitrogen and oxygen atoms in total. The first-order valence-corrected chi connectivity index (χ1v) is 9.30. The van der Waals surface area contributed by atoms with Crippen molar-refractivity contribution in [2.45, 2.75) is 12.8 Å². The number of esters is 1. The van der Waals surface area contributed by atoms with E-state index in [9.17, 15) is 19.7 Å². The lowest BCUT2D eigenvalue weighted by Crippen LogP contribution is -2.25. The van der Waals surface area contributed by atoms with Gasteiger partial charge < -0.3 is 10.1 Å². The van der Waals surface area contributed by atoms with E-state index in [0.717, 1.165) is 27.4 Å². The molecule has 0 fully saturated rings. The summed E-state index contributed by atoms with van der Waals surface area (Å²) in [5, 5.41) is 14.7. The van der Waals surface area contributed by atoms with Crippen LogP contribution in [0, 0.1) is 10.1 Å². The van der Waals surface area contributed by atoms with Gasteiger partial charge in [0.05, 0.1) is 32.8 Å². The van der Waals surface area contributed by atoms with E-state index in [0.29, 0.717) is 19.4 Å². The van der Waals surface area contributed by atoms with Crippen molar-refractivity contribution in [1.29, 1.82) is 0 Å². The van der Waals surface area contributed by atoms with Crippen LogP contribution in [0.1, 0.15) is 32.1 Å². The lowest BCUT2D eigenvalue weighted by atomic mass is 10.1. The van der Waals surface area contributed by atoms with E-state index in [1.807, 2.05) is 24.3 Å². The Morgan fingerprint density at radius 3 is 2.68 bits per heavy atom. The molecule has 0 aliphatic rings. The number of rotatable bonds is 7. The van der Waals surface area contributed by atoms with Crippen LogP contribution in [-0.4, -0.2) is 35.4 Å². The molecule has 1 aromatic heterocycles. The summed E-state index contributed by atoms with van der Waals surface area (Å²) in [6.07, 6.45) is 1.38. The average molecular weight is 399 g/mol. The van der Waals surface area contributed by atoms with Crippen molar-refractivity contribution in [3.63, 3.8) is 0 Å². The molecule has 2 aromatic carbocycles. The summed E-state index contributed by atoms with van der Waals surface area (Å²) in [5.41, 5.74) is 0.604. The van der Waals surface area contributed by atoms with Gasteiger partial charge in [0.15, 0.2) is 0 Å². The van der Waals surface area contributed by atoms with Gasteiger partial charge in [-0.25, -0.2) is 9.78 Å². The van der Waals surface area contributed by atoms with Crippen LogP contribution in [0.3, 0.4) is 0 Å². The monoisotopic (exact) mass is 399 g/mol. The molecule has 0 saturated heterocycles. The maximum atomic E-state index is 12.3. The largest absolute Gasteiger partial charge is 0.465 e. The SMILES string of the molecule is COC(=O)c1cc(C(=O)NCCCc2nc3ccccc3s2)cc([N+](=O)[O-])c1. The quantitative estimate of drug-likeness (QED) is 0.282. The molecule has 1 amide bonds. The Balaban J connectivity index is 1.61. The van der Waals surface area contributed by atoms with Crippen molar-refractivity contribution in [3.05, 3.63) is 68.7 Å². The fourth-order valence-corrected chi connectivity index (χ4v) is 3.66. The fourth-order valence-electron chi connectivity index (χ4n) is 2.65. The number of carbonyl (C=O) groups is 2. The smallest absolute Gasteiger partial charge is 0.338 e. The summed E-state index contributed by atoms with van der Waals surface area (Å²) in [4.78, 5) is 38.9. The molecule has 0 bridgehead atoms. The third-order valence-electron chi connectivity index (χ3n) is 4.00. The number of non-ortho nitro benzene ring substituents is 1. The van der Waals surface area contributed by atoms with Crippen LogP contribution in [-0.2, 0) is 11.2 Å². The molecule has 1 heterocycles. The van der Waals surface area contributed by atoms with Gasteiger partial charge in [-0.3, -0.25) is 14.9 Å². The Morgan fingerprint density at radius 2 is 1.96 bits per heavy atom. The van der Waals surface area contributed by atoms with Crippen molar-refractivity contribution in [2.75, 3.05) is 13.7 Å². The number of fused-ring (bicyclic) bond motifs is 1. The van der Waals surface area contributed by atoms with Gasteiger partial charge in [0, 0.05) is 30.7 Å². The van der Waals surface area contributed by atoms with Crippen LogP contribution in [0.4, 0.5) is 5.69 Å². The molecule has 0 radical (unpaired) electrons. The molecule has 3 aromatic rings. The average Bonchev–Trinajstić information content (AvgIpc) is 3.12. The van der Waals surface area contributed by atoms with Crippen molar-refractivity contribution < 1.29 is 19.2 Å². The minimum absolute atomic E-state index is 0.0367. The summed E-state index contributed by atoms with van der Waals surface area (Å²) in [6.45, 7) is 0.380. The molecule has 9 heteroatoms. The second-order valence-electron chi connectivity index (χ2n) is 5.95. The third kappa shape index (κ3) is 4.49. The molecule has 0 saturated carbocycles. The van der Waals surface area contributed by atoms with Gasteiger partial charge in [0.1, 0.15) is 0 Å². The number of carbonyl (C=O) groups excluding carboxylic acids is 2. The van der Waals surface area contributed by atoms with E-state index in [-0.39, 0.29) is 16.8 Å². The zero-order valence-electron chi connectivity index (χ0n) is 15.0. The molecule has 0 atom stereocenters. The Bertz CT molecular complexity index is 1010. The summed E-state index contributed by atoms with van der Waals surface area (Å²) in [7, 11) is 1.17. The second-order valence-corrected chi connectivity index (χ2v) is 7.07. The van der Waals surface area contributed by atoms with E-state index < -0.39 is 16.8 Å². The van der Waals surface area contributed by atoms with Crippen molar-refractivity contribution in [1.82, 2.24) is 10.3 Å². The van der Waals surface area contributed by atoms with Crippen LogP contribution >= 0.6 is 11.3 Å². The number of amides is 1. The molecule has 3 rings (SSSR count). The maximum Gasteiger partial charge on any atom is 0.338 e. The zero-order chi connectivity index (χ0) is 20.1.